The Hall–Kier alpha value is -1.51. The lowest BCUT2D eigenvalue weighted by atomic mass is 9.92. The molecule has 0 saturated carbocycles. The number of hydrogen-bond donors (Lipinski definition) is 2. The first-order valence-electron chi connectivity index (χ1n) is 7.34. The van der Waals surface area contributed by atoms with Crippen LogP contribution in [0.2, 0.25) is 0 Å². The van der Waals surface area contributed by atoms with Gasteiger partial charge in [-0.1, -0.05) is 0 Å². The second-order valence-corrected chi connectivity index (χ2v) is 5.95. The third-order valence-corrected chi connectivity index (χ3v) is 4.30. The molecule has 8 heteroatoms. The van der Waals surface area contributed by atoms with Gasteiger partial charge in [-0.05, 0) is 25.7 Å². The summed E-state index contributed by atoms with van der Waals surface area (Å²) in [4.78, 5) is 27.7. The lowest BCUT2D eigenvalue weighted by molar-refractivity contribution is -0.142. The summed E-state index contributed by atoms with van der Waals surface area (Å²) in [5.41, 5.74) is 6.58. The molecule has 0 spiro atoms. The molecular weight excluding hydrogens is 306 g/mol. The Balaban J connectivity index is 1.86. The highest BCUT2D eigenvalue weighted by Crippen LogP contribution is 2.20. The number of carbonyl (C=O) groups is 2. The number of hydrogen-bond acceptors (Lipinski definition) is 7. The number of carbonyl (C=O) groups excluding carboxylic acids is 2. The van der Waals surface area contributed by atoms with Crippen LogP contribution in [-0.4, -0.2) is 42.7 Å². The quantitative estimate of drug-likeness (QED) is 0.754. The molecule has 1 unspecified atom stereocenters. The van der Waals surface area contributed by atoms with Crippen LogP contribution in [0.5, 0.6) is 0 Å². The highest BCUT2D eigenvalue weighted by molar-refractivity contribution is 7.13. The second-order valence-electron chi connectivity index (χ2n) is 5.09. The Kier molecular flexibility index (Phi) is 6.29. The Bertz CT molecular complexity index is 514. The first-order valence-corrected chi connectivity index (χ1v) is 8.22. The van der Waals surface area contributed by atoms with Gasteiger partial charge in [0.1, 0.15) is 0 Å². The minimum atomic E-state index is -0.568. The van der Waals surface area contributed by atoms with Crippen molar-refractivity contribution in [2.75, 3.05) is 25.1 Å². The highest BCUT2D eigenvalue weighted by Gasteiger charge is 2.27. The average Bonchev–Trinajstić information content (AvgIpc) is 2.94. The van der Waals surface area contributed by atoms with Gasteiger partial charge in [-0.15, -0.1) is 11.3 Å². The zero-order valence-electron chi connectivity index (χ0n) is 12.5. The minimum Gasteiger partial charge on any atom is -0.466 e. The van der Waals surface area contributed by atoms with E-state index in [-0.39, 0.29) is 24.2 Å². The van der Waals surface area contributed by atoms with Crippen molar-refractivity contribution in [3.8, 4) is 0 Å². The van der Waals surface area contributed by atoms with E-state index in [0.29, 0.717) is 30.6 Å². The predicted octanol–water partition coefficient (Wildman–Crippen LogP) is 0.941. The molecule has 1 fully saturated rings. The number of aromatic nitrogens is 1. The summed E-state index contributed by atoms with van der Waals surface area (Å²) in [7, 11) is 0. The third-order valence-electron chi connectivity index (χ3n) is 3.49. The Morgan fingerprint density at radius 3 is 2.95 bits per heavy atom. The number of anilines is 1. The van der Waals surface area contributed by atoms with Gasteiger partial charge >= 0.3 is 5.97 Å². The van der Waals surface area contributed by atoms with Gasteiger partial charge in [0.2, 0.25) is 5.91 Å². The predicted molar refractivity (Wildman–Crippen MR) is 82.6 cm³/mol. The number of nitrogens with zero attached hydrogens (tertiary/aromatic N) is 1. The fourth-order valence-electron chi connectivity index (χ4n) is 2.28. The Labute approximate surface area is 133 Å². The molecule has 1 aromatic heterocycles. The number of amides is 1. The van der Waals surface area contributed by atoms with Crippen molar-refractivity contribution in [1.29, 1.82) is 0 Å². The maximum Gasteiger partial charge on any atom is 0.311 e. The topological polar surface area (TPSA) is 104 Å². The van der Waals surface area contributed by atoms with Gasteiger partial charge in [0, 0.05) is 18.6 Å². The number of ether oxygens (including phenoxy) is 2. The average molecular weight is 327 g/mol. The largest absolute Gasteiger partial charge is 0.466 e. The SMILES string of the molecule is CCOC(=O)Cc1csc(NC(=O)C(N)C2CCOCC2)n1. The van der Waals surface area contributed by atoms with Crippen LogP contribution in [0.1, 0.15) is 25.5 Å². The lowest BCUT2D eigenvalue weighted by Gasteiger charge is -2.26. The molecule has 2 rings (SSSR count). The number of nitrogens with one attached hydrogen (secondary N) is 1. The van der Waals surface area contributed by atoms with E-state index in [2.05, 4.69) is 10.3 Å². The van der Waals surface area contributed by atoms with Gasteiger partial charge in [0.05, 0.1) is 24.8 Å². The van der Waals surface area contributed by atoms with Crippen molar-refractivity contribution in [3.05, 3.63) is 11.1 Å². The number of nitrogens with two attached hydrogens (primary N) is 1. The highest BCUT2D eigenvalue weighted by atomic mass is 32.1. The van der Waals surface area contributed by atoms with Crippen LogP contribution in [-0.2, 0) is 25.5 Å². The summed E-state index contributed by atoms with van der Waals surface area (Å²) in [5, 5.41) is 4.89. The minimum absolute atomic E-state index is 0.103. The van der Waals surface area contributed by atoms with Gasteiger partial charge in [0.15, 0.2) is 5.13 Å². The molecule has 1 saturated heterocycles. The molecule has 3 N–H and O–H groups in total. The molecule has 1 amide bonds. The fourth-order valence-corrected chi connectivity index (χ4v) is 3.00. The van der Waals surface area contributed by atoms with Crippen molar-refractivity contribution in [1.82, 2.24) is 4.98 Å². The third kappa shape index (κ3) is 4.75. The van der Waals surface area contributed by atoms with Crippen molar-refractivity contribution in [2.24, 2.45) is 11.7 Å². The van der Waals surface area contributed by atoms with Crippen molar-refractivity contribution in [3.63, 3.8) is 0 Å². The first-order chi connectivity index (χ1) is 10.6. The van der Waals surface area contributed by atoms with Crippen molar-refractivity contribution < 1.29 is 19.1 Å². The maximum absolute atomic E-state index is 12.1. The zero-order valence-corrected chi connectivity index (χ0v) is 13.4. The normalized spacial score (nSPS) is 17.0. The molecule has 1 aromatic rings. The molecule has 1 atom stereocenters. The van der Waals surface area contributed by atoms with Crippen LogP contribution in [0.4, 0.5) is 5.13 Å². The standard InChI is InChI=1S/C14H21N3O4S/c1-2-21-11(18)7-10-8-22-14(16-10)17-13(19)12(15)9-3-5-20-6-4-9/h8-9,12H,2-7,15H2,1H3,(H,16,17,19). The summed E-state index contributed by atoms with van der Waals surface area (Å²) in [5.74, 6) is -0.443. The summed E-state index contributed by atoms with van der Waals surface area (Å²) in [6.45, 7) is 3.38. The van der Waals surface area contributed by atoms with E-state index in [0.717, 1.165) is 12.8 Å². The van der Waals surface area contributed by atoms with E-state index < -0.39 is 6.04 Å². The fraction of sp³-hybridized carbons (Fsp3) is 0.643. The van der Waals surface area contributed by atoms with Crippen LogP contribution in [0.3, 0.4) is 0 Å². The molecule has 2 heterocycles. The van der Waals surface area contributed by atoms with Crippen LogP contribution in [0, 0.1) is 5.92 Å². The second kappa shape index (κ2) is 8.21. The van der Waals surface area contributed by atoms with E-state index in [1.807, 2.05) is 0 Å². The summed E-state index contributed by atoms with van der Waals surface area (Å²) in [6.07, 6.45) is 1.69. The molecule has 0 bridgehead atoms. The lowest BCUT2D eigenvalue weighted by Crippen LogP contribution is -2.44. The Morgan fingerprint density at radius 2 is 2.27 bits per heavy atom. The number of esters is 1. The van der Waals surface area contributed by atoms with Crippen LogP contribution in [0.15, 0.2) is 5.38 Å². The molecule has 22 heavy (non-hydrogen) atoms. The number of thiazole rings is 1. The summed E-state index contributed by atoms with van der Waals surface area (Å²) >= 11 is 1.27. The van der Waals surface area contributed by atoms with Crippen LogP contribution < -0.4 is 11.1 Å². The molecular formula is C14H21N3O4S. The van der Waals surface area contributed by atoms with Crippen LogP contribution in [0.25, 0.3) is 0 Å². The van der Waals surface area contributed by atoms with Crippen molar-refractivity contribution in [2.45, 2.75) is 32.2 Å². The van der Waals surface area contributed by atoms with Crippen molar-refractivity contribution >= 4 is 28.3 Å². The molecule has 1 aliphatic rings. The monoisotopic (exact) mass is 327 g/mol. The van der Waals surface area contributed by atoms with Gasteiger partial charge < -0.3 is 20.5 Å². The molecule has 0 radical (unpaired) electrons. The van der Waals surface area contributed by atoms with E-state index in [1.165, 1.54) is 11.3 Å². The van der Waals surface area contributed by atoms with Gasteiger partial charge in [-0.25, -0.2) is 4.98 Å². The van der Waals surface area contributed by atoms with E-state index in [9.17, 15) is 9.59 Å². The maximum atomic E-state index is 12.1. The smallest absolute Gasteiger partial charge is 0.311 e. The zero-order chi connectivity index (χ0) is 15.9. The molecule has 1 aliphatic heterocycles. The Morgan fingerprint density at radius 1 is 1.55 bits per heavy atom. The molecule has 7 nitrogen and oxygen atoms in total. The summed E-state index contributed by atoms with van der Waals surface area (Å²) < 4.78 is 10.1. The van der Waals surface area contributed by atoms with Gasteiger partial charge in [0.25, 0.3) is 0 Å². The molecule has 122 valence electrons. The van der Waals surface area contributed by atoms with E-state index in [1.54, 1.807) is 12.3 Å². The van der Waals surface area contributed by atoms with Crippen LogP contribution >= 0.6 is 11.3 Å². The van der Waals surface area contributed by atoms with Gasteiger partial charge in [-0.3, -0.25) is 9.59 Å². The van der Waals surface area contributed by atoms with Gasteiger partial charge in [-0.2, -0.15) is 0 Å². The first kappa shape index (κ1) is 16.9. The molecule has 0 aromatic carbocycles. The van der Waals surface area contributed by atoms with E-state index >= 15 is 0 Å². The summed E-state index contributed by atoms with van der Waals surface area (Å²) in [6, 6.07) is -0.568. The molecule has 0 aliphatic carbocycles. The number of rotatable bonds is 6. The van der Waals surface area contributed by atoms with E-state index in [4.69, 9.17) is 15.2 Å².